The van der Waals surface area contributed by atoms with Gasteiger partial charge >= 0.3 is 0 Å². The summed E-state index contributed by atoms with van der Waals surface area (Å²) in [7, 11) is -2.30. The Hall–Kier alpha value is -1.41. The molecule has 0 saturated heterocycles. The molecule has 18 heavy (non-hydrogen) atoms. The molecule has 0 atom stereocenters. The first-order valence-electron chi connectivity index (χ1n) is 5.67. The number of aromatic amines is 1. The van der Waals surface area contributed by atoms with E-state index in [9.17, 15) is 13.2 Å². The van der Waals surface area contributed by atoms with Crippen molar-refractivity contribution in [3.05, 3.63) is 12.0 Å². The van der Waals surface area contributed by atoms with E-state index < -0.39 is 10.0 Å². The predicted octanol–water partition coefficient (Wildman–Crippen LogP) is -0.383. The number of aromatic nitrogens is 2. The number of nitrogens with zero attached hydrogens (tertiary/aromatic N) is 2. The lowest BCUT2D eigenvalue weighted by atomic mass is 10.5. The molecule has 7 nitrogen and oxygen atoms in total. The van der Waals surface area contributed by atoms with Crippen molar-refractivity contribution in [3.63, 3.8) is 0 Å². The zero-order valence-corrected chi connectivity index (χ0v) is 11.1. The number of aryl methyl sites for hydroxylation is 1. The van der Waals surface area contributed by atoms with E-state index in [1.165, 1.54) is 13.2 Å². The summed E-state index contributed by atoms with van der Waals surface area (Å²) in [6, 6.07) is 0.225. The summed E-state index contributed by atoms with van der Waals surface area (Å²) in [6.07, 6.45) is 3.20. The fourth-order valence-corrected chi connectivity index (χ4v) is 2.57. The van der Waals surface area contributed by atoms with Gasteiger partial charge in [0.1, 0.15) is 5.82 Å². The van der Waals surface area contributed by atoms with Crippen LogP contribution in [0.5, 0.6) is 0 Å². The summed E-state index contributed by atoms with van der Waals surface area (Å²) in [5.74, 6) is 0.240. The average molecular weight is 272 g/mol. The van der Waals surface area contributed by atoms with E-state index in [4.69, 9.17) is 0 Å². The first-order valence-corrected chi connectivity index (χ1v) is 7.11. The van der Waals surface area contributed by atoms with Crippen LogP contribution in [-0.2, 0) is 14.8 Å². The topological polar surface area (TPSA) is 95.2 Å². The molecule has 1 fully saturated rings. The fourth-order valence-electron chi connectivity index (χ4n) is 1.49. The quantitative estimate of drug-likeness (QED) is 0.763. The van der Waals surface area contributed by atoms with Crippen molar-refractivity contribution in [2.45, 2.75) is 30.8 Å². The highest BCUT2D eigenvalue weighted by atomic mass is 32.2. The Morgan fingerprint density at radius 2 is 2.28 bits per heavy atom. The lowest BCUT2D eigenvalue weighted by Gasteiger charge is -2.15. The van der Waals surface area contributed by atoms with Crippen molar-refractivity contribution in [1.82, 2.24) is 19.6 Å². The molecule has 100 valence electrons. The zero-order chi connectivity index (χ0) is 13.3. The van der Waals surface area contributed by atoms with Crippen LogP contribution in [0.3, 0.4) is 0 Å². The molecule has 2 rings (SSSR count). The highest BCUT2D eigenvalue weighted by molar-refractivity contribution is 7.89. The largest absolute Gasteiger partial charge is 0.352 e. The van der Waals surface area contributed by atoms with Gasteiger partial charge in [0.25, 0.3) is 10.0 Å². The summed E-state index contributed by atoms with van der Waals surface area (Å²) in [5.41, 5.74) is 0. The van der Waals surface area contributed by atoms with Crippen LogP contribution < -0.4 is 5.32 Å². The van der Waals surface area contributed by atoms with Crippen LogP contribution in [0.2, 0.25) is 0 Å². The number of amides is 1. The van der Waals surface area contributed by atoms with Gasteiger partial charge in [-0.1, -0.05) is 0 Å². The normalized spacial score (nSPS) is 15.9. The number of carbonyl (C=O) groups excluding carboxylic acids is 1. The molecule has 0 unspecified atom stereocenters. The number of sulfonamides is 1. The number of rotatable bonds is 5. The second kappa shape index (κ2) is 4.69. The maximum Gasteiger partial charge on any atom is 0.260 e. The van der Waals surface area contributed by atoms with Gasteiger partial charge in [-0.05, 0) is 19.8 Å². The monoisotopic (exact) mass is 272 g/mol. The Bertz CT molecular complexity index is 547. The molecule has 1 aromatic rings. The van der Waals surface area contributed by atoms with Crippen LogP contribution in [0.25, 0.3) is 0 Å². The Kier molecular flexibility index (Phi) is 3.40. The molecular weight excluding hydrogens is 256 g/mol. The van der Waals surface area contributed by atoms with Gasteiger partial charge in [-0.15, -0.1) is 0 Å². The second-order valence-electron chi connectivity index (χ2n) is 4.44. The Labute approximate surface area is 106 Å². The third kappa shape index (κ3) is 2.88. The van der Waals surface area contributed by atoms with Crippen molar-refractivity contribution in [1.29, 1.82) is 0 Å². The van der Waals surface area contributed by atoms with Gasteiger partial charge in [0.2, 0.25) is 5.91 Å². The predicted molar refractivity (Wildman–Crippen MR) is 64.3 cm³/mol. The minimum atomic E-state index is -3.67. The summed E-state index contributed by atoms with van der Waals surface area (Å²) in [5, 5.41) is 2.74. The van der Waals surface area contributed by atoms with Crippen LogP contribution in [-0.4, -0.2) is 48.2 Å². The summed E-state index contributed by atoms with van der Waals surface area (Å²) in [4.78, 5) is 18.0. The molecule has 0 spiro atoms. The summed E-state index contributed by atoms with van der Waals surface area (Å²) >= 11 is 0. The maximum absolute atomic E-state index is 12.1. The lowest BCUT2D eigenvalue weighted by molar-refractivity contribution is -0.121. The van der Waals surface area contributed by atoms with Gasteiger partial charge in [-0.25, -0.2) is 13.4 Å². The molecular formula is C10H16N4O3S. The third-order valence-electron chi connectivity index (χ3n) is 2.68. The maximum atomic E-state index is 12.1. The van der Waals surface area contributed by atoms with Crippen molar-refractivity contribution in [2.24, 2.45) is 0 Å². The van der Waals surface area contributed by atoms with E-state index >= 15 is 0 Å². The number of likely N-dealkylation sites (N-methyl/N-ethyl adjacent to an activating group) is 1. The zero-order valence-electron chi connectivity index (χ0n) is 10.3. The van der Waals surface area contributed by atoms with Crippen LogP contribution in [0.15, 0.2) is 11.2 Å². The van der Waals surface area contributed by atoms with E-state index in [1.807, 2.05) is 0 Å². The fraction of sp³-hybridized carbons (Fsp3) is 0.600. The van der Waals surface area contributed by atoms with Crippen molar-refractivity contribution in [2.75, 3.05) is 13.6 Å². The number of nitrogens with one attached hydrogen (secondary N) is 2. The van der Waals surface area contributed by atoms with E-state index in [1.54, 1.807) is 6.92 Å². The Morgan fingerprint density at radius 1 is 1.61 bits per heavy atom. The van der Waals surface area contributed by atoms with Crippen LogP contribution in [0.4, 0.5) is 0 Å². The molecule has 1 aromatic heterocycles. The molecule has 1 aliphatic carbocycles. The molecule has 1 heterocycles. The van der Waals surface area contributed by atoms with E-state index in [2.05, 4.69) is 15.3 Å². The molecule has 0 aromatic carbocycles. The Morgan fingerprint density at radius 3 is 2.78 bits per heavy atom. The SMILES string of the molecule is Cc1ncc(S(=O)(=O)N(C)CC(=O)NC2CC2)[nH]1. The minimum absolute atomic E-state index is 0.00159. The number of imidazole rings is 1. The minimum Gasteiger partial charge on any atom is -0.352 e. The van der Waals surface area contributed by atoms with Gasteiger partial charge in [0.05, 0.1) is 12.7 Å². The highest BCUT2D eigenvalue weighted by Gasteiger charge is 2.28. The van der Waals surface area contributed by atoms with Crippen LogP contribution >= 0.6 is 0 Å². The number of carbonyl (C=O) groups is 1. The van der Waals surface area contributed by atoms with Gasteiger partial charge in [0.15, 0.2) is 5.03 Å². The van der Waals surface area contributed by atoms with Crippen LogP contribution in [0, 0.1) is 6.92 Å². The molecule has 0 radical (unpaired) electrons. The van der Waals surface area contributed by atoms with Crippen LogP contribution in [0.1, 0.15) is 18.7 Å². The smallest absolute Gasteiger partial charge is 0.260 e. The van der Waals surface area contributed by atoms with Crippen molar-refractivity contribution < 1.29 is 13.2 Å². The second-order valence-corrected chi connectivity index (χ2v) is 6.45. The molecule has 1 aliphatic rings. The molecule has 0 bridgehead atoms. The summed E-state index contributed by atoms with van der Waals surface area (Å²) in [6.45, 7) is 1.48. The first kappa shape index (κ1) is 13.0. The van der Waals surface area contributed by atoms with E-state index in [0.717, 1.165) is 17.1 Å². The third-order valence-corrected chi connectivity index (χ3v) is 4.39. The molecule has 2 N–H and O–H groups in total. The van der Waals surface area contributed by atoms with E-state index in [0.29, 0.717) is 5.82 Å². The van der Waals surface area contributed by atoms with Gasteiger partial charge in [-0.2, -0.15) is 4.31 Å². The van der Waals surface area contributed by atoms with E-state index in [-0.39, 0.29) is 23.5 Å². The van der Waals surface area contributed by atoms with Gasteiger partial charge in [-0.3, -0.25) is 4.79 Å². The molecule has 0 aliphatic heterocycles. The van der Waals surface area contributed by atoms with Gasteiger partial charge < -0.3 is 10.3 Å². The number of hydrogen-bond donors (Lipinski definition) is 2. The molecule has 8 heteroatoms. The molecule has 1 amide bonds. The van der Waals surface area contributed by atoms with Crippen molar-refractivity contribution in [3.8, 4) is 0 Å². The lowest BCUT2D eigenvalue weighted by Crippen LogP contribution is -2.39. The number of hydrogen-bond acceptors (Lipinski definition) is 4. The average Bonchev–Trinajstić information content (AvgIpc) is 2.96. The highest BCUT2D eigenvalue weighted by Crippen LogP contribution is 2.18. The first-order chi connectivity index (χ1) is 8.39. The standard InChI is InChI=1S/C10H16N4O3S/c1-7-11-5-10(12-7)18(16,17)14(2)6-9(15)13-8-3-4-8/h5,8H,3-4,6H2,1-2H3,(H,11,12)(H,13,15). The van der Waals surface area contributed by atoms with Crippen molar-refractivity contribution >= 4 is 15.9 Å². The molecule has 1 saturated carbocycles. The number of H-pyrrole nitrogens is 1. The summed E-state index contributed by atoms with van der Waals surface area (Å²) < 4.78 is 25.1. The van der Waals surface area contributed by atoms with Gasteiger partial charge in [0, 0.05) is 13.1 Å². The Balaban J connectivity index is 2.02.